The van der Waals surface area contributed by atoms with E-state index in [9.17, 15) is 0 Å². The van der Waals surface area contributed by atoms with Gasteiger partial charge in [0, 0.05) is 5.02 Å². The van der Waals surface area contributed by atoms with Gasteiger partial charge < -0.3 is 4.74 Å². The van der Waals surface area contributed by atoms with Crippen molar-refractivity contribution >= 4 is 23.5 Å². The van der Waals surface area contributed by atoms with Crippen molar-refractivity contribution in [2.45, 2.75) is 6.61 Å². The van der Waals surface area contributed by atoms with Crippen molar-refractivity contribution in [1.29, 1.82) is 0 Å². The van der Waals surface area contributed by atoms with Crippen LogP contribution in [0.25, 0.3) is 0 Å². The Hall–Kier alpha value is -2.78. The molecule has 120 valence electrons. The Balaban J connectivity index is 1.53. The quantitative estimate of drug-likeness (QED) is 0.485. The molecule has 0 aromatic heterocycles. The fourth-order valence-electron chi connectivity index (χ4n) is 2.13. The molecule has 0 radical (unpaired) electrons. The number of nitrogens with one attached hydrogen (secondary N) is 1. The molecule has 0 heterocycles. The molecule has 3 aromatic carbocycles. The Morgan fingerprint density at radius 2 is 1.71 bits per heavy atom. The highest BCUT2D eigenvalue weighted by atomic mass is 35.5. The van der Waals surface area contributed by atoms with Crippen LogP contribution >= 0.6 is 11.6 Å². The Bertz CT molecular complexity index is 801. The first-order valence-corrected chi connectivity index (χ1v) is 7.99. The number of hydrogen-bond donors (Lipinski definition) is 1. The van der Waals surface area contributed by atoms with Gasteiger partial charge in [-0.05, 0) is 53.6 Å². The van der Waals surface area contributed by atoms with Crippen LogP contribution in [0.1, 0.15) is 11.1 Å². The highest BCUT2D eigenvalue weighted by Crippen LogP contribution is 2.15. The second-order valence-electron chi connectivity index (χ2n) is 5.22. The molecule has 0 bridgehead atoms. The molecular weight excluding hydrogens is 320 g/mol. The first-order valence-electron chi connectivity index (χ1n) is 7.61. The summed E-state index contributed by atoms with van der Waals surface area (Å²) in [6.07, 6.45) is 1.75. The first kappa shape index (κ1) is 16.1. The van der Waals surface area contributed by atoms with Gasteiger partial charge in [0.15, 0.2) is 0 Å². The topological polar surface area (TPSA) is 33.6 Å². The number of ether oxygens (including phenoxy) is 1. The van der Waals surface area contributed by atoms with E-state index in [0.29, 0.717) is 11.6 Å². The standard InChI is InChI=1S/C20H17ClN2O/c21-18-7-4-8-19(13-18)23-22-14-16-9-11-20(12-10-16)24-15-17-5-2-1-3-6-17/h1-14,23H,15H2/b22-14-. The molecule has 0 aliphatic rings. The Labute approximate surface area is 146 Å². The molecule has 0 fully saturated rings. The van der Waals surface area contributed by atoms with Crippen LogP contribution in [-0.2, 0) is 6.61 Å². The van der Waals surface area contributed by atoms with Gasteiger partial charge in [-0.1, -0.05) is 48.0 Å². The summed E-state index contributed by atoms with van der Waals surface area (Å²) in [7, 11) is 0. The highest BCUT2D eigenvalue weighted by Gasteiger charge is 1.96. The molecule has 4 heteroatoms. The molecule has 0 aliphatic carbocycles. The van der Waals surface area contributed by atoms with E-state index in [1.54, 1.807) is 6.21 Å². The van der Waals surface area contributed by atoms with Crippen molar-refractivity contribution < 1.29 is 4.74 Å². The average Bonchev–Trinajstić information content (AvgIpc) is 2.62. The van der Waals surface area contributed by atoms with Crippen molar-refractivity contribution in [2.24, 2.45) is 5.10 Å². The molecule has 24 heavy (non-hydrogen) atoms. The molecule has 0 atom stereocenters. The van der Waals surface area contributed by atoms with Crippen LogP contribution in [0, 0.1) is 0 Å². The molecule has 0 aliphatic heterocycles. The van der Waals surface area contributed by atoms with Crippen LogP contribution < -0.4 is 10.2 Å². The largest absolute Gasteiger partial charge is 0.489 e. The molecule has 3 aromatic rings. The van der Waals surface area contributed by atoms with Crippen LogP contribution in [-0.4, -0.2) is 6.21 Å². The zero-order valence-corrected chi connectivity index (χ0v) is 13.8. The number of rotatable bonds is 6. The molecule has 0 unspecified atom stereocenters. The second-order valence-corrected chi connectivity index (χ2v) is 5.66. The van der Waals surface area contributed by atoms with E-state index in [0.717, 1.165) is 22.6 Å². The number of nitrogens with zero attached hydrogens (tertiary/aromatic N) is 1. The Morgan fingerprint density at radius 3 is 2.46 bits per heavy atom. The molecule has 0 saturated carbocycles. The fraction of sp³-hybridized carbons (Fsp3) is 0.0500. The van der Waals surface area contributed by atoms with E-state index in [1.165, 1.54) is 0 Å². The summed E-state index contributed by atoms with van der Waals surface area (Å²) in [4.78, 5) is 0. The predicted molar refractivity (Wildman–Crippen MR) is 99.9 cm³/mol. The fourth-order valence-corrected chi connectivity index (χ4v) is 2.32. The van der Waals surface area contributed by atoms with Crippen LogP contribution in [0.5, 0.6) is 5.75 Å². The SMILES string of the molecule is Clc1cccc(N/N=C\c2ccc(OCc3ccccc3)cc2)c1. The van der Waals surface area contributed by atoms with Crippen LogP contribution in [0.2, 0.25) is 5.02 Å². The number of anilines is 1. The van der Waals surface area contributed by atoms with Gasteiger partial charge >= 0.3 is 0 Å². The van der Waals surface area contributed by atoms with Gasteiger partial charge in [0.05, 0.1) is 11.9 Å². The molecular formula is C20H17ClN2O. The van der Waals surface area contributed by atoms with Crippen molar-refractivity contribution in [3.05, 3.63) is 95.0 Å². The molecule has 0 amide bonds. The summed E-state index contributed by atoms with van der Waals surface area (Å²) in [5.41, 5.74) is 5.93. The summed E-state index contributed by atoms with van der Waals surface area (Å²) < 4.78 is 5.76. The maximum absolute atomic E-state index is 5.93. The molecule has 0 spiro atoms. The van der Waals surface area contributed by atoms with Crippen LogP contribution in [0.4, 0.5) is 5.69 Å². The molecule has 0 saturated heterocycles. The summed E-state index contributed by atoms with van der Waals surface area (Å²) in [5.74, 6) is 0.832. The lowest BCUT2D eigenvalue weighted by Gasteiger charge is -2.06. The number of hydrogen-bond acceptors (Lipinski definition) is 3. The summed E-state index contributed by atoms with van der Waals surface area (Å²) in [6, 6.07) is 25.3. The molecule has 3 rings (SSSR count). The van der Waals surface area contributed by atoms with Gasteiger partial charge in [-0.3, -0.25) is 5.43 Å². The molecule has 3 nitrogen and oxygen atoms in total. The van der Waals surface area contributed by atoms with Gasteiger partial charge in [0.25, 0.3) is 0 Å². The maximum atomic E-state index is 5.93. The Kier molecular flexibility index (Phi) is 5.48. The zero-order valence-electron chi connectivity index (χ0n) is 13.0. The van der Waals surface area contributed by atoms with Gasteiger partial charge in [-0.15, -0.1) is 0 Å². The van der Waals surface area contributed by atoms with Gasteiger partial charge in [-0.25, -0.2) is 0 Å². The zero-order chi connectivity index (χ0) is 16.6. The lowest BCUT2D eigenvalue weighted by Crippen LogP contribution is -1.95. The summed E-state index contributed by atoms with van der Waals surface area (Å²) in [6.45, 7) is 0.560. The molecule has 1 N–H and O–H groups in total. The smallest absolute Gasteiger partial charge is 0.119 e. The third kappa shape index (κ3) is 4.86. The van der Waals surface area contributed by atoms with E-state index < -0.39 is 0 Å². The van der Waals surface area contributed by atoms with E-state index in [1.807, 2.05) is 78.9 Å². The van der Waals surface area contributed by atoms with Crippen molar-refractivity contribution in [1.82, 2.24) is 0 Å². The third-order valence-electron chi connectivity index (χ3n) is 3.36. The lowest BCUT2D eigenvalue weighted by atomic mass is 10.2. The Morgan fingerprint density at radius 1 is 0.917 bits per heavy atom. The van der Waals surface area contributed by atoms with E-state index in [-0.39, 0.29) is 0 Å². The minimum atomic E-state index is 0.560. The maximum Gasteiger partial charge on any atom is 0.119 e. The predicted octanol–water partition coefficient (Wildman–Crippen LogP) is 5.37. The van der Waals surface area contributed by atoms with Crippen LogP contribution in [0.15, 0.2) is 84.0 Å². The first-order chi connectivity index (χ1) is 11.8. The van der Waals surface area contributed by atoms with E-state index in [4.69, 9.17) is 16.3 Å². The normalized spacial score (nSPS) is 10.7. The van der Waals surface area contributed by atoms with Crippen molar-refractivity contribution in [2.75, 3.05) is 5.43 Å². The number of benzene rings is 3. The summed E-state index contributed by atoms with van der Waals surface area (Å²) in [5, 5.41) is 4.88. The van der Waals surface area contributed by atoms with E-state index in [2.05, 4.69) is 10.5 Å². The monoisotopic (exact) mass is 336 g/mol. The lowest BCUT2D eigenvalue weighted by molar-refractivity contribution is 0.306. The highest BCUT2D eigenvalue weighted by molar-refractivity contribution is 6.30. The summed E-state index contributed by atoms with van der Waals surface area (Å²) >= 11 is 5.93. The van der Waals surface area contributed by atoms with Crippen molar-refractivity contribution in [3.8, 4) is 5.75 Å². The number of hydrazone groups is 1. The van der Waals surface area contributed by atoms with E-state index >= 15 is 0 Å². The number of halogens is 1. The minimum absolute atomic E-state index is 0.560. The van der Waals surface area contributed by atoms with Gasteiger partial charge in [-0.2, -0.15) is 5.10 Å². The van der Waals surface area contributed by atoms with Crippen molar-refractivity contribution in [3.63, 3.8) is 0 Å². The minimum Gasteiger partial charge on any atom is -0.489 e. The van der Waals surface area contributed by atoms with Gasteiger partial charge in [0.2, 0.25) is 0 Å². The average molecular weight is 337 g/mol. The second kappa shape index (κ2) is 8.18. The van der Waals surface area contributed by atoms with Gasteiger partial charge in [0.1, 0.15) is 12.4 Å². The van der Waals surface area contributed by atoms with Crippen LogP contribution in [0.3, 0.4) is 0 Å². The third-order valence-corrected chi connectivity index (χ3v) is 3.60.